The van der Waals surface area contributed by atoms with E-state index in [-0.39, 0.29) is 6.04 Å². The Morgan fingerprint density at radius 3 is 2.59 bits per heavy atom. The molecule has 3 N–H and O–H groups in total. The summed E-state index contributed by atoms with van der Waals surface area (Å²) in [7, 11) is 3.23. The fourth-order valence-electron chi connectivity index (χ4n) is 3.34. The molecule has 0 aliphatic carbocycles. The lowest BCUT2D eigenvalue weighted by Crippen LogP contribution is -2.45. The normalized spacial score (nSPS) is 16.4. The molecule has 8 nitrogen and oxygen atoms in total. The van der Waals surface area contributed by atoms with Gasteiger partial charge in [-0.3, -0.25) is 4.90 Å². The van der Waals surface area contributed by atoms with Crippen molar-refractivity contribution in [3.05, 3.63) is 47.4 Å². The van der Waals surface area contributed by atoms with E-state index in [0.29, 0.717) is 30.5 Å². The van der Waals surface area contributed by atoms with Crippen LogP contribution in [0.15, 0.2) is 39.7 Å². The Labute approximate surface area is 171 Å². The standard InChI is InChI=1S/C21H30N4O4/c1-15-4-6-18(29-15)17(25-8-10-28-11-9-25)14-24-21(22)23-13-16-5-7-19(26-2)20(12-16)27-3/h4-7,12,17H,8-11,13-14H2,1-3H3,(H3,22,23,24). The zero-order valence-electron chi connectivity index (χ0n) is 17.3. The molecule has 1 aliphatic rings. The topological polar surface area (TPSA) is 94.5 Å². The minimum Gasteiger partial charge on any atom is -0.493 e. The quantitative estimate of drug-likeness (QED) is 0.516. The molecule has 29 heavy (non-hydrogen) atoms. The molecular weight excluding hydrogens is 372 g/mol. The number of nitrogens with one attached hydrogen (secondary N) is 1. The van der Waals surface area contributed by atoms with Gasteiger partial charge in [-0.05, 0) is 36.8 Å². The second kappa shape index (κ2) is 10.2. The van der Waals surface area contributed by atoms with Gasteiger partial charge in [0.1, 0.15) is 11.5 Å². The van der Waals surface area contributed by atoms with E-state index in [1.54, 1.807) is 14.2 Å². The number of furan rings is 1. The monoisotopic (exact) mass is 402 g/mol. The van der Waals surface area contributed by atoms with Gasteiger partial charge in [-0.15, -0.1) is 0 Å². The molecule has 0 spiro atoms. The number of aliphatic imine (C=N–C) groups is 1. The highest BCUT2D eigenvalue weighted by atomic mass is 16.5. The lowest BCUT2D eigenvalue weighted by atomic mass is 10.1. The van der Waals surface area contributed by atoms with E-state index in [0.717, 1.165) is 43.4 Å². The zero-order valence-corrected chi connectivity index (χ0v) is 17.3. The maximum Gasteiger partial charge on any atom is 0.188 e. The van der Waals surface area contributed by atoms with Crippen LogP contribution < -0.4 is 20.5 Å². The summed E-state index contributed by atoms with van der Waals surface area (Å²) in [6.07, 6.45) is 0. The van der Waals surface area contributed by atoms with Crippen molar-refractivity contribution in [1.29, 1.82) is 0 Å². The van der Waals surface area contributed by atoms with Gasteiger partial charge in [-0.1, -0.05) is 6.07 Å². The molecule has 1 saturated heterocycles. The van der Waals surface area contributed by atoms with Gasteiger partial charge in [0.05, 0.1) is 40.0 Å². The molecule has 0 saturated carbocycles. The van der Waals surface area contributed by atoms with Crippen LogP contribution >= 0.6 is 0 Å². The van der Waals surface area contributed by atoms with E-state index >= 15 is 0 Å². The number of ether oxygens (including phenoxy) is 3. The lowest BCUT2D eigenvalue weighted by Gasteiger charge is -2.33. The molecule has 1 aromatic carbocycles. The third-order valence-corrected chi connectivity index (χ3v) is 4.93. The molecule has 1 atom stereocenters. The fraction of sp³-hybridized carbons (Fsp3) is 0.476. The first kappa shape index (κ1) is 21.0. The summed E-state index contributed by atoms with van der Waals surface area (Å²) in [5, 5.41) is 3.24. The Morgan fingerprint density at radius 1 is 1.17 bits per heavy atom. The highest BCUT2D eigenvalue weighted by molar-refractivity contribution is 5.77. The molecule has 1 aromatic heterocycles. The summed E-state index contributed by atoms with van der Waals surface area (Å²) in [5.41, 5.74) is 7.10. The van der Waals surface area contributed by atoms with Crippen molar-refractivity contribution in [1.82, 2.24) is 10.2 Å². The number of methoxy groups -OCH3 is 2. The summed E-state index contributed by atoms with van der Waals surface area (Å²) in [6, 6.07) is 9.78. The first-order valence-electron chi connectivity index (χ1n) is 9.73. The SMILES string of the molecule is COc1ccc(CN=C(N)NCC(c2ccc(C)o2)N2CCOCC2)cc1OC. The molecule has 0 radical (unpaired) electrons. The Morgan fingerprint density at radius 2 is 1.93 bits per heavy atom. The molecule has 0 amide bonds. The molecule has 0 bridgehead atoms. The highest BCUT2D eigenvalue weighted by Gasteiger charge is 2.25. The molecule has 2 aromatic rings. The number of nitrogens with zero attached hydrogens (tertiary/aromatic N) is 2. The van der Waals surface area contributed by atoms with Gasteiger partial charge in [0.25, 0.3) is 0 Å². The van der Waals surface area contributed by atoms with Crippen molar-refractivity contribution >= 4 is 5.96 Å². The van der Waals surface area contributed by atoms with Crippen molar-refractivity contribution in [2.45, 2.75) is 19.5 Å². The summed E-state index contributed by atoms with van der Waals surface area (Å²) in [4.78, 5) is 6.80. The molecule has 1 unspecified atom stereocenters. The molecular formula is C21H30N4O4. The van der Waals surface area contributed by atoms with E-state index < -0.39 is 0 Å². The van der Waals surface area contributed by atoms with Crippen LogP contribution in [0, 0.1) is 6.92 Å². The Kier molecular flexibility index (Phi) is 7.37. The molecule has 8 heteroatoms. The zero-order chi connectivity index (χ0) is 20.6. The van der Waals surface area contributed by atoms with Gasteiger partial charge >= 0.3 is 0 Å². The fourth-order valence-corrected chi connectivity index (χ4v) is 3.34. The molecule has 1 fully saturated rings. The summed E-state index contributed by atoms with van der Waals surface area (Å²) < 4.78 is 22.0. The van der Waals surface area contributed by atoms with Gasteiger partial charge in [0.2, 0.25) is 0 Å². The van der Waals surface area contributed by atoms with Crippen LogP contribution in [0.5, 0.6) is 11.5 Å². The van der Waals surface area contributed by atoms with Crippen molar-refractivity contribution in [2.24, 2.45) is 10.7 Å². The summed E-state index contributed by atoms with van der Waals surface area (Å²) in [6.45, 7) is 6.16. The molecule has 1 aliphatic heterocycles. The van der Waals surface area contributed by atoms with Gasteiger partial charge in [-0.2, -0.15) is 0 Å². The van der Waals surface area contributed by atoms with Gasteiger partial charge in [0, 0.05) is 19.6 Å². The van der Waals surface area contributed by atoms with Crippen LogP contribution in [0.2, 0.25) is 0 Å². The van der Waals surface area contributed by atoms with Crippen molar-refractivity contribution in [2.75, 3.05) is 47.1 Å². The van der Waals surface area contributed by atoms with Crippen molar-refractivity contribution in [3.63, 3.8) is 0 Å². The number of rotatable bonds is 8. The van der Waals surface area contributed by atoms with Gasteiger partial charge in [0.15, 0.2) is 17.5 Å². The average molecular weight is 402 g/mol. The van der Waals surface area contributed by atoms with Crippen LogP contribution in [-0.4, -0.2) is 57.9 Å². The second-order valence-electron chi connectivity index (χ2n) is 6.88. The predicted octanol–water partition coefficient (Wildman–Crippen LogP) is 2.08. The number of hydrogen-bond donors (Lipinski definition) is 2. The predicted molar refractivity (Wildman–Crippen MR) is 111 cm³/mol. The lowest BCUT2D eigenvalue weighted by molar-refractivity contribution is 0.0125. The Bertz CT molecular complexity index is 815. The maximum atomic E-state index is 6.12. The number of guanidine groups is 1. The Hall–Kier alpha value is -2.71. The smallest absolute Gasteiger partial charge is 0.188 e. The Balaban J connectivity index is 1.62. The summed E-state index contributed by atoms with van der Waals surface area (Å²) in [5.74, 6) is 3.57. The van der Waals surface area contributed by atoms with Gasteiger partial charge in [-0.25, -0.2) is 4.99 Å². The highest BCUT2D eigenvalue weighted by Crippen LogP contribution is 2.28. The van der Waals surface area contributed by atoms with E-state index in [1.807, 2.05) is 37.3 Å². The van der Waals surface area contributed by atoms with Crippen LogP contribution in [-0.2, 0) is 11.3 Å². The van der Waals surface area contributed by atoms with Crippen LogP contribution in [0.1, 0.15) is 23.1 Å². The third kappa shape index (κ3) is 5.65. The molecule has 158 valence electrons. The summed E-state index contributed by atoms with van der Waals surface area (Å²) >= 11 is 0. The minimum atomic E-state index is 0.0717. The average Bonchev–Trinajstić information content (AvgIpc) is 3.18. The van der Waals surface area contributed by atoms with Gasteiger partial charge < -0.3 is 29.7 Å². The number of hydrogen-bond acceptors (Lipinski definition) is 6. The second-order valence-corrected chi connectivity index (χ2v) is 6.88. The third-order valence-electron chi connectivity index (χ3n) is 4.93. The van der Waals surface area contributed by atoms with Crippen LogP contribution in [0.25, 0.3) is 0 Å². The number of morpholine rings is 1. The first-order chi connectivity index (χ1) is 14.1. The van der Waals surface area contributed by atoms with E-state index in [4.69, 9.17) is 24.4 Å². The van der Waals surface area contributed by atoms with Crippen LogP contribution in [0.4, 0.5) is 0 Å². The number of benzene rings is 1. The van der Waals surface area contributed by atoms with Crippen molar-refractivity contribution in [3.8, 4) is 11.5 Å². The first-order valence-corrected chi connectivity index (χ1v) is 9.73. The minimum absolute atomic E-state index is 0.0717. The largest absolute Gasteiger partial charge is 0.493 e. The number of aryl methyl sites for hydroxylation is 1. The van der Waals surface area contributed by atoms with E-state index in [1.165, 1.54) is 0 Å². The van der Waals surface area contributed by atoms with E-state index in [2.05, 4.69) is 15.2 Å². The van der Waals surface area contributed by atoms with Crippen LogP contribution in [0.3, 0.4) is 0 Å². The number of nitrogens with two attached hydrogens (primary N) is 1. The molecule has 3 rings (SSSR count). The van der Waals surface area contributed by atoms with Crippen molar-refractivity contribution < 1.29 is 18.6 Å². The maximum absolute atomic E-state index is 6.12. The van der Waals surface area contributed by atoms with E-state index in [9.17, 15) is 0 Å². The molecule has 2 heterocycles.